The molecule has 1 aromatic heterocycles. The number of nitrogen functional groups attached to an aromatic ring is 1. The Labute approximate surface area is 161 Å². The van der Waals surface area contributed by atoms with Crippen molar-refractivity contribution in [2.24, 2.45) is 0 Å². The smallest absolute Gasteiger partial charge is 0.141 e. The lowest BCUT2D eigenvalue weighted by Crippen LogP contribution is -2.25. The number of ether oxygens (including phenoxy) is 1. The second-order valence-electron chi connectivity index (χ2n) is 7.45. The van der Waals surface area contributed by atoms with E-state index in [1.165, 1.54) is 19.2 Å². The van der Waals surface area contributed by atoms with Crippen LogP contribution in [0.2, 0.25) is 0 Å². The van der Waals surface area contributed by atoms with E-state index in [0.717, 1.165) is 41.3 Å². The Bertz CT molecular complexity index is 1110. The molecule has 3 aromatic rings. The third-order valence-electron chi connectivity index (χ3n) is 5.72. The van der Waals surface area contributed by atoms with Gasteiger partial charge in [-0.05, 0) is 30.5 Å². The number of methoxy groups -OCH3 is 1. The highest BCUT2D eigenvalue weighted by molar-refractivity contribution is 6.02. The van der Waals surface area contributed by atoms with Crippen molar-refractivity contribution in [2.45, 2.75) is 31.5 Å². The Morgan fingerprint density at radius 3 is 2.82 bits per heavy atom. The number of fused-ring (bicyclic) bond motifs is 2. The van der Waals surface area contributed by atoms with Gasteiger partial charge in [0.25, 0.3) is 0 Å². The van der Waals surface area contributed by atoms with Gasteiger partial charge in [0.05, 0.1) is 24.4 Å². The van der Waals surface area contributed by atoms with Gasteiger partial charge in [0, 0.05) is 40.9 Å². The van der Waals surface area contributed by atoms with E-state index in [9.17, 15) is 9.18 Å². The van der Waals surface area contributed by atoms with Crippen LogP contribution in [0.15, 0.2) is 36.4 Å². The van der Waals surface area contributed by atoms with Gasteiger partial charge in [-0.25, -0.2) is 4.39 Å². The molecule has 2 aromatic carbocycles. The molecule has 5 nitrogen and oxygen atoms in total. The summed E-state index contributed by atoms with van der Waals surface area (Å²) < 4.78 is 19.3. The molecule has 142 valence electrons. The average molecular weight is 377 g/mol. The number of nitrogens with zero attached hydrogens (tertiary/aromatic N) is 2. The number of aldehydes is 1. The number of hydrogen-bond acceptors (Lipinski definition) is 5. The predicted molar refractivity (Wildman–Crippen MR) is 105 cm³/mol. The summed E-state index contributed by atoms with van der Waals surface area (Å²) in [6.45, 7) is 0.615. The quantitative estimate of drug-likeness (QED) is 0.700. The maximum Gasteiger partial charge on any atom is 0.141 e. The molecule has 0 saturated heterocycles. The van der Waals surface area contributed by atoms with Crippen LogP contribution < -0.4 is 10.5 Å². The number of nitrogens with two attached hydrogens (primary N) is 1. The molecule has 1 aliphatic heterocycles. The highest BCUT2D eigenvalue weighted by atomic mass is 19.1. The molecule has 0 radical (unpaired) electrons. The van der Waals surface area contributed by atoms with Gasteiger partial charge in [0.2, 0.25) is 0 Å². The number of aromatic nitrogens is 1. The van der Waals surface area contributed by atoms with E-state index in [-0.39, 0.29) is 11.9 Å². The topological polar surface area (TPSA) is 68.5 Å². The molecule has 1 aliphatic carbocycles. The Morgan fingerprint density at radius 2 is 2.11 bits per heavy atom. The molecule has 1 saturated carbocycles. The van der Waals surface area contributed by atoms with Crippen LogP contribution in [-0.2, 0) is 11.3 Å². The standard InChI is InChI=1S/C22H20FN3O2/c1-28-15-8-12(7-13(23)9-15)16-3-2-4-17-21(24)20-18(25-22(16)17)10-26(14-5-6-14)19(20)11-27/h2-4,7-9,11,14,19H,5-6,10H2,1H3,(H2,24,25). The van der Waals surface area contributed by atoms with Gasteiger partial charge in [-0.15, -0.1) is 0 Å². The number of carbonyl (C=O) groups excluding carboxylic acids is 1. The van der Waals surface area contributed by atoms with E-state index < -0.39 is 0 Å². The highest BCUT2D eigenvalue weighted by Crippen LogP contribution is 2.45. The minimum atomic E-state index is -0.374. The van der Waals surface area contributed by atoms with Crippen molar-refractivity contribution in [1.82, 2.24) is 9.88 Å². The second kappa shape index (κ2) is 6.27. The third-order valence-corrected chi connectivity index (χ3v) is 5.72. The highest BCUT2D eigenvalue weighted by Gasteiger charge is 2.42. The number of benzene rings is 2. The zero-order valence-electron chi connectivity index (χ0n) is 15.5. The molecule has 1 unspecified atom stereocenters. The lowest BCUT2D eigenvalue weighted by molar-refractivity contribution is -0.112. The summed E-state index contributed by atoms with van der Waals surface area (Å²) in [5.74, 6) is 0.0727. The van der Waals surface area contributed by atoms with Crippen LogP contribution in [0.5, 0.6) is 5.75 Å². The van der Waals surface area contributed by atoms with Crippen LogP contribution >= 0.6 is 0 Å². The normalized spacial score (nSPS) is 19.0. The summed E-state index contributed by atoms with van der Waals surface area (Å²) >= 11 is 0. The Hall–Kier alpha value is -2.99. The van der Waals surface area contributed by atoms with Gasteiger partial charge < -0.3 is 15.3 Å². The van der Waals surface area contributed by atoms with Gasteiger partial charge in [-0.2, -0.15) is 0 Å². The number of halogens is 1. The summed E-state index contributed by atoms with van der Waals surface area (Å²) in [6, 6.07) is 10.4. The molecule has 5 rings (SSSR count). The number of hydrogen-bond donors (Lipinski definition) is 1. The monoisotopic (exact) mass is 377 g/mol. The van der Waals surface area contributed by atoms with Crippen LogP contribution in [0, 0.1) is 5.82 Å². The van der Waals surface area contributed by atoms with E-state index in [2.05, 4.69) is 4.90 Å². The van der Waals surface area contributed by atoms with Crippen LogP contribution in [0.1, 0.15) is 30.1 Å². The Balaban J connectivity index is 1.73. The Morgan fingerprint density at radius 1 is 1.29 bits per heavy atom. The molecule has 0 amide bonds. The summed E-state index contributed by atoms with van der Waals surface area (Å²) in [6.07, 6.45) is 3.17. The van der Waals surface area contributed by atoms with E-state index in [1.54, 1.807) is 6.07 Å². The fourth-order valence-corrected chi connectivity index (χ4v) is 4.24. The molecular formula is C22H20FN3O2. The molecular weight excluding hydrogens is 357 g/mol. The first-order chi connectivity index (χ1) is 13.6. The molecule has 2 aliphatic rings. The van der Waals surface area contributed by atoms with Crippen molar-refractivity contribution in [1.29, 1.82) is 0 Å². The number of carbonyl (C=O) groups is 1. The fraction of sp³-hybridized carbons (Fsp3) is 0.273. The van der Waals surface area contributed by atoms with Gasteiger partial charge >= 0.3 is 0 Å². The molecule has 1 atom stereocenters. The van der Waals surface area contributed by atoms with Gasteiger partial charge in [0.15, 0.2) is 0 Å². The number of pyridine rings is 1. The molecule has 28 heavy (non-hydrogen) atoms. The van der Waals surface area contributed by atoms with Crippen LogP contribution in [-0.4, -0.2) is 29.3 Å². The zero-order chi connectivity index (χ0) is 19.4. The molecule has 6 heteroatoms. The van der Waals surface area contributed by atoms with Crippen molar-refractivity contribution in [2.75, 3.05) is 12.8 Å². The average Bonchev–Trinajstić information content (AvgIpc) is 3.48. The summed E-state index contributed by atoms with van der Waals surface area (Å²) in [5.41, 5.74) is 11.0. The predicted octanol–water partition coefficient (Wildman–Crippen LogP) is 3.85. The molecule has 2 heterocycles. The van der Waals surface area contributed by atoms with E-state index >= 15 is 0 Å². The van der Waals surface area contributed by atoms with Crippen molar-refractivity contribution in [3.05, 3.63) is 53.5 Å². The van der Waals surface area contributed by atoms with Gasteiger partial charge in [0.1, 0.15) is 17.9 Å². The van der Waals surface area contributed by atoms with Crippen molar-refractivity contribution in [3.63, 3.8) is 0 Å². The van der Waals surface area contributed by atoms with Gasteiger partial charge in [-0.3, -0.25) is 9.88 Å². The fourth-order valence-electron chi connectivity index (χ4n) is 4.24. The minimum Gasteiger partial charge on any atom is -0.497 e. The maximum atomic E-state index is 14.1. The number of anilines is 1. The van der Waals surface area contributed by atoms with Crippen LogP contribution in [0.25, 0.3) is 22.0 Å². The minimum absolute atomic E-state index is 0.336. The first-order valence-corrected chi connectivity index (χ1v) is 9.37. The summed E-state index contributed by atoms with van der Waals surface area (Å²) in [4.78, 5) is 18.9. The lowest BCUT2D eigenvalue weighted by atomic mass is 9.97. The van der Waals surface area contributed by atoms with E-state index in [4.69, 9.17) is 15.5 Å². The van der Waals surface area contributed by atoms with Crippen molar-refractivity contribution < 1.29 is 13.9 Å². The molecule has 0 spiro atoms. The van der Waals surface area contributed by atoms with Crippen LogP contribution in [0.4, 0.5) is 10.1 Å². The SMILES string of the molecule is COc1cc(F)cc(-c2cccc3c(N)c4c(nc23)CN(C2CC2)C4C=O)c1. The van der Waals surface area contributed by atoms with Crippen molar-refractivity contribution in [3.8, 4) is 16.9 Å². The van der Waals surface area contributed by atoms with E-state index in [0.29, 0.717) is 35.1 Å². The Kier molecular flexibility index (Phi) is 3.84. The van der Waals surface area contributed by atoms with Crippen molar-refractivity contribution >= 4 is 22.9 Å². The lowest BCUT2D eigenvalue weighted by Gasteiger charge is -2.19. The number of rotatable bonds is 4. The third kappa shape index (κ3) is 2.56. The molecule has 1 fully saturated rings. The summed E-state index contributed by atoms with van der Waals surface area (Å²) in [7, 11) is 1.51. The van der Waals surface area contributed by atoms with E-state index in [1.807, 2.05) is 18.2 Å². The zero-order valence-corrected chi connectivity index (χ0v) is 15.5. The summed E-state index contributed by atoms with van der Waals surface area (Å²) in [5, 5.41) is 0.781. The first kappa shape index (κ1) is 17.1. The second-order valence-corrected chi connectivity index (χ2v) is 7.45. The molecule has 2 N–H and O–H groups in total. The number of para-hydroxylation sites is 1. The first-order valence-electron chi connectivity index (χ1n) is 9.37. The van der Waals surface area contributed by atoms with Crippen LogP contribution in [0.3, 0.4) is 0 Å². The molecule has 0 bridgehead atoms. The maximum absolute atomic E-state index is 14.1. The largest absolute Gasteiger partial charge is 0.497 e. The van der Waals surface area contributed by atoms with Gasteiger partial charge in [-0.1, -0.05) is 18.2 Å².